The second-order valence-electron chi connectivity index (χ2n) is 4.52. The lowest BCUT2D eigenvalue weighted by molar-refractivity contribution is -0.137. The van der Waals surface area contributed by atoms with E-state index in [9.17, 15) is 30.6 Å². The Bertz CT molecular complexity index is 968. The van der Waals surface area contributed by atoms with Crippen molar-refractivity contribution in [3.8, 4) is 11.8 Å². The quantitative estimate of drug-likeness (QED) is 0.429. The lowest BCUT2D eigenvalue weighted by Gasteiger charge is -2.13. The van der Waals surface area contributed by atoms with Gasteiger partial charge in [-0.1, -0.05) is 23.2 Å². The summed E-state index contributed by atoms with van der Waals surface area (Å²) in [6, 6.07) is 2.34. The van der Waals surface area contributed by atoms with Crippen molar-refractivity contribution in [2.45, 2.75) is 16.6 Å². The first-order chi connectivity index (χ1) is 12.4. The summed E-state index contributed by atoms with van der Waals surface area (Å²) in [4.78, 5) is -0.819. The Morgan fingerprint density at radius 1 is 1.15 bits per heavy atom. The highest BCUT2D eigenvalue weighted by molar-refractivity contribution is 8.00. The molecule has 0 atom stereocenters. The third-order valence-corrected chi connectivity index (χ3v) is 4.46. The van der Waals surface area contributed by atoms with Crippen LogP contribution >= 0.6 is 35.0 Å². The van der Waals surface area contributed by atoms with E-state index in [1.165, 1.54) is 6.07 Å². The van der Waals surface area contributed by atoms with Gasteiger partial charge in [-0.25, -0.2) is 4.68 Å². The second kappa shape index (κ2) is 7.70. The predicted molar refractivity (Wildman–Crippen MR) is 85.4 cm³/mol. The fraction of sp³-hybridized carbons (Fsp3) is 0.167. The maximum absolute atomic E-state index is 12.8. The molecule has 1 heterocycles. The molecule has 144 valence electrons. The van der Waals surface area contributed by atoms with Crippen molar-refractivity contribution in [3.05, 3.63) is 33.4 Å². The average molecular weight is 467 g/mol. The molecule has 0 radical (unpaired) electrons. The van der Waals surface area contributed by atoms with E-state index < -0.39 is 72.6 Å². The van der Waals surface area contributed by atoms with E-state index in [1.807, 2.05) is 0 Å². The smallest absolute Gasteiger partial charge is 0.209 e. The molecule has 2 rings (SSSR count). The number of nitriles is 1. The summed E-state index contributed by atoms with van der Waals surface area (Å²) in [5.74, 6) is -0.738. The van der Waals surface area contributed by atoms with Crippen LogP contribution in [0.25, 0.3) is 5.69 Å². The number of halogens is 8. The molecule has 27 heavy (non-hydrogen) atoms. The van der Waals surface area contributed by atoms with Crippen LogP contribution in [-0.4, -0.2) is 19.5 Å². The van der Waals surface area contributed by atoms with Gasteiger partial charge in [-0.15, -0.1) is 4.36 Å². The van der Waals surface area contributed by atoms with Crippen molar-refractivity contribution in [3.63, 3.8) is 0 Å². The lowest BCUT2D eigenvalue weighted by atomic mass is 10.2. The monoisotopic (exact) mass is 466 g/mol. The zero-order valence-corrected chi connectivity index (χ0v) is 15.3. The van der Waals surface area contributed by atoms with Crippen molar-refractivity contribution in [1.82, 2.24) is 9.78 Å². The molecule has 0 saturated carbocycles. The van der Waals surface area contributed by atoms with Crippen molar-refractivity contribution >= 4 is 52.2 Å². The lowest BCUT2D eigenvalue weighted by Crippen LogP contribution is -2.07. The Labute approximate surface area is 164 Å². The summed E-state index contributed by atoms with van der Waals surface area (Å²) in [5, 5.41) is 11.3. The fourth-order valence-corrected chi connectivity index (χ4v) is 3.46. The highest BCUT2D eigenvalue weighted by Gasteiger charge is 2.36. The molecule has 0 unspecified atom stereocenters. The fourth-order valence-electron chi connectivity index (χ4n) is 1.88. The van der Waals surface area contributed by atoms with Crippen LogP contribution in [0.2, 0.25) is 10.0 Å². The van der Waals surface area contributed by atoms with Gasteiger partial charge in [-0.3, -0.25) is 0 Å². The first-order valence-corrected chi connectivity index (χ1v) is 8.51. The number of benzene rings is 1. The van der Waals surface area contributed by atoms with E-state index in [0.29, 0.717) is 16.8 Å². The van der Waals surface area contributed by atoms with Crippen molar-refractivity contribution < 1.29 is 30.6 Å². The van der Waals surface area contributed by atoms with Gasteiger partial charge in [0, 0.05) is 0 Å². The van der Waals surface area contributed by atoms with Gasteiger partial charge in [-0.05, 0) is 23.9 Å². The standard InChI is InChI=1S/C12H2Cl2F6N4OS2/c13-5-1-4(11(15,16)17)2-6(14)8(5)24-10(23-27-25)9(7(3-21)22-24)26-12(18,19)20/h1-2H. The van der Waals surface area contributed by atoms with E-state index in [-0.39, 0.29) is 0 Å². The van der Waals surface area contributed by atoms with Crippen LogP contribution in [0.4, 0.5) is 32.2 Å². The number of thioether (sulfide) groups is 1. The van der Waals surface area contributed by atoms with Gasteiger partial charge >= 0.3 is 11.7 Å². The van der Waals surface area contributed by atoms with Crippen LogP contribution in [0, 0.1) is 11.3 Å². The number of alkyl halides is 6. The Kier molecular flexibility index (Phi) is 6.15. The highest BCUT2D eigenvalue weighted by Crippen LogP contribution is 2.46. The Balaban J connectivity index is 2.80. The zero-order valence-electron chi connectivity index (χ0n) is 12.2. The van der Waals surface area contributed by atoms with Crippen molar-refractivity contribution in [2.24, 2.45) is 4.36 Å². The van der Waals surface area contributed by atoms with Gasteiger partial charge in [0.25, 0.3) is 0 Å². The molecule has 1 aromatic carbocycles. The topological polar surface area (TPSA) is 71.0 Å². The molecular weight excluding hydrogens is 465 g/mol. The first kappa shape index (κ1) is 21.5. The second-order valence-corrected chi connectivity index (χ2v) is 6.75. The van der Waals surface area contributed by atoms with Crippen LogP contribution in [0.3, 0.4) is 0 Å². The van der Waals surface area contributed by atoms with E-state index in [1.54, 1.807) is 0 Å². The molecule has 2 aromatic rings. The minimum atomic E-state index is -4.86. The van der Waals surface area contributed by atoms with Crippen LogP contribution in [-0.2, 0) is 17.6 Å². The third kappa shape index (κ3) is 4.75. The van der Waals surface area contributed by atoms with Gasteiger partial charge in [0.15, 0.2) is 11.5 Å². The van der Waals surface area contributed by atoms with Crippen LogP contribution in [0.15, 0.2) is 21.4 Å². The summed E-state index contributed by atoms with van der Waals surface area (Å²) in [5.41, 5.74) is -7.30. The number of hydrogen-bond donors (Lipinski definition) is 0. The maximum atomic E-state index is 12.8. The number of aromatic nitrogens is 2. The molecule has 0 aliphatic rings. The summed E-state index contributed by atoms with van der Waals surface area (Å²) >= 11 is 10.3. The highest BCUT2D eigenvalue weighted by atomic mass is 35.5. The van der Waals surface area contributed by atoms with E-state index >= 15 is 0 Å². The maximum Gasteiger partial charge on any atom is 0.446 e. The molecule has 0 amide bonds. The molecule has 0 spiro atoms. The van der Waals surface area contributed by atoms with Gasteiger partial charge in [-0.2, -0.15) is 40.9 Å². The SMILES string of the molecule is N#Cc1nn(-c2c(Cl)cc(C(F)(F)F)cc2Cl)c(N=S=O)c1SC(F)(F)F. The Morgan fingerprint density at radius 2 is 1.70 bits per heavy atom. The van der Waals surface area contributed by atoms with E-state index in [0.717, 1.165) is 0 Å². The van der Waals surface area contributed by atoms with Crippen molar-refractivity contribution in [2.75, 3.05) is 0 Å². The van der Waals surface area contributed by atoms with Gasteiger partial charge < -0.3 is 0 Å². The minimum Gasteiger partial charge on any atom is -0.209 e. The number of rotatable bonds is 3. The van der Waals surface area contributed by atoms with Crippen LogP contribution in [0.5, 0.6) is 0 Å². The molecule has 15 heteroatoms. The van der Waals surface area contributed by atoms with Crippen molar-refractivity contribution in [1.29, 1.82) is 5.26 Å². The summed E-state index contributed by atoms with van der Waals surface area (Å²) in [7, 11) is 0. The molecule has 0 fully saturated rings. The molecule has 0 aliphatic carbocycles. The Morgan fingerprint density at radius 3 is 2.11 bits per heavy atom. The largest absolute Gasteiger partial charge is 0.446 e. The molecule has 0 N–H and O–H groups in total. The molecule has 0 saturated heterocycles. The third-order valence-electron chi connectivity index (χ3n) is 2.82. The van der Waals surface area contributed by atoms with E-state index in [2.05, 4.69) is 9.46 Å². The predicted octanol–water partition coefficient (Wildman–Crippen LogP) is 5.71. The number of hydrogen-bond acceptors (Lipinski definition) is 5. The van der Waals surface area contributed by atoms with Crippen LogP contribution in [0.1, 0.15) is 11.3 Å². The van der Waals surface area contributed by atoms with Gasteiger partial charge in [0.1, 0.15) is 16.7 Å². The summed E-state index contributed by atoms with van der Waals surface area (Å²) in [6.45, 7) is 0. The molecule has 1 aromatic heterocycles. The first-order valence-electron chi connectivity index (χ1n) is 6.24. The number of nitrogens with zero attached hydrogens (tertiary/aromatic N) is 4. The average Bonchev–Trinajstić information content (AvgIpc) is 2.82. The minimum absolute atomic E-state index is 0.468. The van der Waals surface area contributed by atoms with E-state index in [4.69, 9.17) is 28.5 Å². The zero-order chi connectivity index (χ0) is 20.6. The molecule has 0 aliphatic heterocycles. The van der Waals surface area contributed by atoms with Gasteiger partial charge in [0.2, 0.25) is 11.5 Å². The molecule has 0 bridgehead atoms. The molecule has 5 nitrogen and oxygen atoms in total. The summed E-state index contributed by atoms with van der Waals surface area (Å²) < 4.78 is 91.2. The normalized spacial score (nSPS) is 12.0. The van der Waals surface area contributed by atoms with Crippen LogP contribution < -0.4 is 0 Å². The molecular formula is C12H2Cl2F6N4OS2. The summed E-state index contributed by atoms with van der Waals surface area (Å²) in [6.07, 6.45) is -4.79. The Hall–Kier alpha value is -1.75. The van der Waals surface area contributed by atoms with Gasteiger partial charge in [0.05, 0.1) is 15.6 Å².